The molecule has 1 N–H and O–H groups in total. The first-order valence-electron chi connectivity index (χ1n) is 7.57. The molecule has 1 saturated carbocycles. The molecule has 1 aromatic heterocycles. The van der Waals surface area contributed by atoms with Crippen LogP contribution in [-0.4, -0.2) is 23.6 Å². The molecule has 1 aliphatic carbocycles. The Balaban J connectivity index is 2.09. The topological polar surface area (TPSA) is 81.4 Å². The summed E-state index contributed by atoms with van der Waals surface area (Å²) in [7, 11) is 0. The van der Waals surface area contributed by atoms with Gasteiger partial charge < -0.3 is 14.6 Å². The van der Waals surface area contributed by atoms with Crippen LogP contribution in [0.25, 0.3) is 0 Å². The summed E-state index contributed by atoms with van der Waals surface area (Å²) in [6, 6.07) is 0. The zero-order chi connectivity index (χ0) is 15.2. The van der Waals surface area contributed by atoms with E-state index in [4.69, 9.17) is 9.26 Å². The van der Waals surface area contributed by atoms with E-state index in [2.05, 4.69) is 10.5 Å². The van der Waals surface area contributed by atoms with Crippen molar-refractivity contribution in [1.29, 1.82) is 0 Å². The van der Waals surface area contributed by atoms with Crippen molar-refractivity contribution in [2.24, 2.45) is 5.92 Å². The first kappa shape index (κ1) is 15.5. The monoisotopic (exact) mass is 294 g/mol. The van der Waals surface area contributed by atoms with Crippen LogP contribution in [0.1, 0.15) is 61.7 Å². The fourth-order valence-electron chi connectivity index (χ4n) is 2.62. The molecule has 1 heterocycles. The highest BCUT2D eigenvalue weighted by molar-refractivity contribution is 6.00. The minimum absolute atomic E-state index is 0.00292. The fraction of sp³-hybridized carbons (Fsp3) is 0.667. The maximum atomic E-state index is 12.4. The summed E-state index contributed by atoms with van der Waals surface area (Å²) in [5.74, 6) is -0.698. The molecule has 21 heavy (non-hydrogen) atoms. The van der Waals surface area contributed by atoms with Gasteiger partial charge in [-0.15, -0.1) is 0 Å². The lowest BCUT2D eigenvalue weighted by Gasteiger charge is -2.13. The zero-order valence-corrected chi connectivity index (χ0v) is 12.6. The predicted molar refractivity (Wildman–Crippen MR) is 77.0 cm³/mol. The second-order valence-electron chi connectivity index (χ2n) is 5.37. The molecule has 2 rings (SSSR count). The van der Waals surface area contributed by atoms with Crippen LogP contribution in [-0.2, 0) is 9.53 Å². The maximum Gasteiger partial charge on any atom is 0.379 e. The molecule has 0 atom stereocenters. The molecule has 6 nitrogen and oxygen atoms in total. The van der Waals surface area contributed by atoms with Crippen molar-refractivity contribution in [3.8, 4) is 0 Å². The van der Waals surface area contributed by atoms with Gasteiger partial charge in [0.15, 0.2) is 0 Å². The largest absolute Gasteiger partial charge is 0.460 e. The van der Waals surface area contributed by atoms with Gasteiger partial charge in [0.2, 0.25) is 5.91 Å². The molecule has 0 saturated heterocycles. The molecule has 0 radical (unpaired) electrons. The van der Waals surface area contributed by atoms with E-state index in [1.807, 2.05) is 0 Å². The van der Waals surface area contributed by atoms with Gasteiger partial charge in [-0.1, -0.05) is 30.8 Å². The van der Waals surface area contributed by atoms with Gasteiger partial charge in [-0.2, -0.15) is 0 Å². The van der Waals surface area contributed by atoms with Crippen LogP contribution in [0.3, 0.4) is 0 Å². The van der Waals surface area contributed by atoms with Crippen LogP contribution < -0.4 is 5.32 Å². The first-order chi connectivity index (χ1) is 10.1. The van der Waals surface area contributed by atoms with E-state index in [-0.39, 0.29) is 24.2 Å². The smallest absolute Gasteiger partial charge is 0.379 e. The van der Waals surface area contributed by atoms with Crippen LogP contribution in [0.2, 0.25) is 0 Å². The van der Waals surface area contributed by atoms with Crippen molar-refractivity contribution in [3.05, 3.63) is 11.5 Å². The van der Waals surface area contributed by atoms with Crippen LogP contribution in [0.15, 0.2) is 4.52 Å². The van der Waals surface area contributed by atoms with Gasteiger partial charge in [0, 0.05) is 5.92 Å². The number of aromatic nitrogens is 1. The second-order valence-corrected chi connectivity index (χ2v) is 5.37. The van der Waals surface area contributed by atoms with Crippen LogP contribution >= 0.6 is 0 Å². The van der Waals surface area contributed by atoms with Crippen molar-refractivity contribution in [3.63, 3.8) is 0 Å². The van der Waals surface area contributed by atoms with Gasteiger partial charge >= 0.3 is 5.97 Å². The average Bonchev–Trinajstić information content (AvgIpc) is 2.69. The van der Waals surface area contributed by atoms with E-state index in [1.54, 1.807) is 13.8 Å². The summed E-state index contributed by atoms with van der Waals surface area (Å²) in [5, 5.41) is 6.55. The molecule has 0 unspecified atom stereocenters. The lowest BCUT2D eigenvalue weighted by atomic mass is 9.99. The quantitative estimate of drug-likeness (QED) is 0.681. The van der Waals surface area contributed by atoms with Crippen molar-refractivity contribution < 1.29 is 18.8 Å². The molecule has 1 amide bonds. The van der Waals surface area contributed by atoms with Gasteiger partial charge in [-0.25, -0.2) is 4.79 Å². The third-order valence-corrected chi connectivity index (χ3v) is 3.80. The Labute approximate surface area is 124 Å². The van der Waals surface area contributed by atoms with Crippen LogP contribution in [0.5, 0.6) is 0 Å². The van der Waals surface area contributed by atoms with Gasteiger partial charge in [-0.05, 0) is 26.7 Å². The number of hydrogen-bond acceptors (Lipinski definition) is 5. The number of hydrogen-bond donors (Lipinski definition) is 1. The Kier molecular flexibility index (Phi) is 5.36. The summed E-state index contributed by atoms with van der Waals surface area (Å²) >= 11 is 0. The van der Waals surface area contributed by atoms with E-state index in [0.29, 0.717) is 11.4 Å². The number of aryl methyl sites for hydroxylation is 1. The highest BCUT2D eigenvalue weighted by atomic mass is 16.6. The maximum absolute atomic E-state index is 12.4. The lowest BCUT2D eigenvalue weighted by Crippen LogP contribution is -2.23. The van der Waals surface area contributed by atoms with Crippen LogP contribution in [0, 0.1) is 12.8 Å². The molecule has 116 valence electrons. The summed E-state index contributed by atoms with van der Waals surface area (Å²) in [5.41, 5.74) is 0.822. The Hall–Kier alpha value is -1.85. The molecule has 1 aromatic rings. The van der Waals surface area contributed by atoms with E-state index >= 15 is 0 Å². The Morgan fingerprint density at radius 2 is 1.95 bits per heavy atom. The van der Waals surface area contributed by atoms with Crippen molar-refractivity contribution in [2.45, 2.75) is 52.4 Å². The predicted octanol–water partition coefficient (Wildman–Crippen LogP) is 3.07. The first-order valence-corrected chi connectivity index (χ1v) is 7.57. The lowest BCUT2D eigenvalue weighted by molar-refractivity contribution is -0.120. The number of nitrogens with zero attached hydrogens (tertiary/aromatic N) is 1. The molecule has 0 aromatic carbocycles. The van der Waals surface area contributed by atoms with Gasteiger partial charge in [0.05, 0.1) is 6.61 Å². The third-order valence-electron chi connectivity index (χ3n) is 3.80. The molecule has 1 fully saturated rings. The number of nitrogens with one attached hydrogen (secondary N) is 1. The van der Waals surface area contributed by atoms with E-state index in [9.17, 15) is 9.59 Å². The Morgan fingerprint density at radius 1 is 1.29 bits per heavy atom. The highest BCUT2D eigenvalue weighted by Gasteiger charge is 2.26. The van der Waals surface area contributed by atoms with Crippen molar-refractivity contribution >= 4 is 17.6 Å². The van der Waals surface area contributed by atoms with E-state index in [1.165, 1.54) is 12.8 Å². The molecule has 6 heteroatoms. The number of amides is 1. The minimum Gasteiger partial charge on any atom is -0.460 e. The summed E-state index contributed by atoms with van der Waals surface area (Å²) < 4.78 is 9.89. The summed E-state index contributed by atoms with van der Waals surface area (Å²) in [6.07, 6.45) is 6.31. The third kappa shape index (κ3) is 3.83. The zero-order valence-electron chi connectivity index (χ0n) is 12.6. The average molecular weight is 294 g/mol. The fourth-order valence-corrected chi connectivity index (χ4v) is 2.62. The second kappa shape index (κ2) is 7.24. The molecule has 0 spiro atoms. The van der Waals surface area contributed by atoms with Crippen LogP contribution in [0.4, 0.5) is 5.69 Å². The number of carbonyl (C=O) groups excluding carboxylic acids is 2. The van der Waals surface area contributed by atoms with E-state index < -0.39 is 5.97 Å². The minimum atomic E-state index is -0.603. The number of esters is 1. The Bertz CT molecular complexity index is 502. The van der Waals surface area contributed by atoms with Crippen molar-refractivity contribution in [2.75, 3.05) is 11.9 Å². The molecule has 0 aliphatic heterocycles. The van der Waals surface area contributed by atoms with Gasteiger partial charge in [0.1, 0.15) is 11.4 Å². The van der Waals surface area contributed by atoms with Crippen molar-refractivity contribution in [1.82, 2.24) is 5.16 Å². The normalized spacial score (nSPS) is 16.3. The van der Waals surface area contributed by atoms with E-state index in [0.717, 1.165) is 25.7 Å². The standard InChI is InChI=1S/C15H22N2O4/c1-3-20-15(19)13-12(10(2)17-21-13)16-14(18)11-8-6-4-5-7-9-11/h11H,3-9H2,1-2H3,(H,16,18). The van der Waals surface area contributed by atoms with Gasteiger partial charge in [-0.3, -0.25) is 4.79 Å². The molecule has 0 bridgehead atoms. The Morgan fingerprint density at radius 3 is 2.57 bits per heavy atom. The highest BCUT2D eigenvalue weighted by Crippen LogP contribution is 2.26. The number of carbonyl (C=O) groups is 2. The summed E-state index contributed by atoms with van der Waals surface area (Å²) in [6.45, 7) is 3.65. The van der Waals surface area contributed by atoms with Gasteiger partial charge in [0.25, 0.3) is 5.76 Å². The summed E-state index contributed by atoms with van der Waals surface area (Å²) in [4.78, 5) is 24.2. The number of ether oxygens (including phenoxy) is 1. The SMILES string of the molecule is CCOC(=O)c1onc(C)c1NC(=O)C1CCCCCC1. The molecule has 1 aliphatic rings. The molecular formula is C15H22N2O4. The number of rotatable bonds is 4. The molecular weight excluding hydrogens is 272 g/mol. The number of anilines is 1.